The van der Waals surface area contributed by atoms with Crippen LogP contribution in [0.5, 0.6) is 0 Å². The van der Waals surface area contributed by atoms with Gasteiger partial charge in [-0.05, 0) is 38.5 Å². The molecule has 0 bridgehead atoms. The molecule has 1 spiro atoms. The summed E-state index contributed by atoms with van der Waals surface area (Å²) in [6, 6.07) is -0.321. The van der Waals surface area contributed by atoms with Gasteiger partial charge in [-0.2, -0.15) is 0 Å². The van der Waals surface area contributed by atoms with Crippen LogP contribution in [0.15, 0.2) is 6.33 Å². The van der Waals surface area contributed by atoms with Gasteiger partial charge in [0.25, 0.3) is 0 Å². The number of nitrogens with zero attached hydrogens (tertiary/aromatic N) is 4. The van der Waals surface area contributed by atoms with Crippen molar-refractivity contribution in [3.8, 4) is 0 Å². The van der Waals surface area contributed by atoms with Crippen molar-refractivity contribution >= 4 is 17.7 Å². The van der Waals surface area contributed by atoms with Crippen LogP contribution in [0.3, 0.4) is 0 Å². The van der Waals surface area contributed by atoms with Crippen molar-refractivity contribution in [3.63, 3.8) is 0 Å². The number of amides is 3. The Morgan fingerprint density at radius 2 is 1.83 bits per heavy atom. The fourth-order valence-electron chi connectivity index (χ4n) is 5.56. The van der Waals surface area contributed by atoms with Crippen LogP contribution in [0.25, 0.3) is 0 Å². The molecule has 0 aromatic carbocycles. The topological polar surface area (TPSA) is 89.6 Å². The van der Waals surface area contributed by atoms with E-state index < -0.39 is 5.54 Å². The van der Waals surface area contributed by atoms with E-state index in [4.69, 9.17) is 0 Å². The highest BCUT2D eigenvalue weighted by molar-refractivity contribution is 5.87. The molecule has 1 aliphatic carbocycles. The Kier molecular flexibility index (Phi) is 4.40. The van der Waals surface area contributed by atoms with Crippen LogP contribution in [0.4, 0.5) is 0 Å². The lowest BCUT2D eigenvalue weighted by Gasteiger charge is -2.51. The number of fused-ring (bicyclic) bond motifs is 2. The van der Waals surface area contributed by atoms with E-state index in [9.17, 15) is 14.4 Å². The molecule has 0 unspecified atom stereocenters. The number of aromatic nitrogens is 2. The average Bonchev–Trinajstić information content (AvgIpc) is 3.25. The van der Waals surface area contributed by atoms with Gasteiger partial charge in [0.15, 0.2) is 0 Å². The van der Waals surface area contributed by atoms with Gasteiger partial charge in [-0.25, -0.2) is 4.98 Å². The lowest BCUT2D eigenvalue weighted by molar-refractivity contribution is -0.149. The number of piperidine rings is 1. The lowest BCUT2D eigenvalue weighted by Crippen LogP contribution is -2.60. The molecule has 8 nitrogen and oxygen atoms in total. The smallest absolute Gasteiger partial charge is 0.245 e. The number of likely N-dealkylation sites (tertiary alicyclic amines) is 2. The second-order valence-corrected chi connectivity index (χ2v) is 8.97. The number of carbonyl (C=O) groups excluding carboxylic acids is 3. The third-order valence-electron chi connectivity index (χ3n) is 7.30. The van der Waals surface area contributed by atoms with Crippen molar-refractivity contribution in [1.82, 2.24) is 24.7 Å². The monoisotopic (exact) mass is 399 g/mol. The minimum Gasteiger partial charge on any atom is -0.348 e. The quantitative estimate of drug-likeness (QED) is 0.804. The molecule has 4 heterocycles. The Hall–Kier alpha value is -2.38. The molecular formula is C21H29N5O3. The van der Waals surface area contributed by atoms with Gasteiger partial charge in [0.1, 0.15) is 6.04 Å². The number of imidazole rings is 1. The van der Waals surface area contributed by atoms with E-state index in [1.54, 1.807) is 18.2 Å². The van der Waals surface area contributed by atoms with Crippen LogP contribution >= 0.6 is 0 Å². The Morgan fingerprint density at radius 3 is 2.52 bits per heavy atom. The first-order chi connectivity index (χ1) is 14.0. The van der Waals surface area contributed by atoms with E-state index in [0.29, 0.717) is 32.5 Å². The first kappa shape index (κ1) is 18.6. The molecule has 1 N–H and O–H groups in total. The van der Waals surface area contributed by atoms with Crippen LogP contribution in [0.1, 0.15) is 56.8 Å². The summed E-state index contributed by atoms with van der Waals surface area (Å²) >= 11 is 0. The number of aromatic amines is 1. The first-order valence-electron chi connectivity index (χ1n) is 10.9. The molecule has 1 saturated carbocycles. The summed E-state index contributed by atoms with van der Waals surface area (Å²) in [6.07, 6.45) is 7.58. The molecule has 8 heteroatoms. The zero-order valence-electron chi connectivity index (χ0n) is 17.0. The summed E-state index contributed by atoms with van der Waals surface area (Å²) in [7, 11) is 0. The summed E-state index contributed by atoms with van der Waals surface area (Å²) in [4.78, 5) is 51.7. The molecule has 4 aliphatic rings. The van der Waals surface area contributed by atoms with Crippen molar-refractivity contribution in [3.05, 3.63) is 17.7 Å². The maximum Gasteiger partial charge on any atom is 0.245 e. The summed E-state index contributed by atoms with van der Waals surface area (Å²) in [5.41, 5.74) is 1.72. The molecule has 1 aromatic heterocycles. The zero-order chi connectivity index (χ0) is 20.2. The molecule has 3 fully saturated rings. The highest BCUT2D eigenvalue weighted by Crippen LogP contribution is 2.45. The van der Waals surface area contributed by atoms with Crippen molar-refractivity contribution < 1.29 is 14.4 Å². The van der Waals surface area contributed by atoms with Gasteiger partial charge in [0.2, 0.25) is 17.7 Å². The number of H-pyrrole nitrogens is 1. The zero-order valence-corrected chi connectivity index (χ0v) is 17.0. The van der Waals surface area contributed by atoms with E-state index in [1.807, 2.05) is 4.90 Å². The van der Waals surface area contributed by atoms with Crippen LogP contribution in [-0.4, -0.2) is 74.6 Å². The fraction of sp³-hybridized carbons (Fsp3) is 0.714. The van der Waals surface area contributed by atoms with Crippen molar-refractivity contribution in [2.75, 3.05) is 26.2 Å². The molecule has 1 atom stereocenters. The number of nitrogens with one attached hydrogen (secondary N) is 1. The van der Waals surface area contributed by atoms with E-state index in [2.05, 4.69) is 14.9 Å². The van der Waals surface area contributed by atoms with Crippen LogP contribution in [0.2, 0.25) is 0 Å². The van der Waals surface area contributed by atoms with Crippen LogP contribution in [0, 0.1) is 5.92 Å². The van der Waals surface area contributed by atoms with Gasteiger partial charge < -0.3 is 19.7 Å². The van der Waals surface area contributed by atoms with Gasteiger partial charge in [-0.1, -0.05) is 0 Å². The number of hydrogen-bond acceptors (Lipinski definition) is 4. The highest BCUT2D eigenvalue weighted by atomic mass is 16.2. The van der Waals surface area contributed by atoms with E-state index in [0.717, 1.165) is 50.0 Å². The standard InChI is InChI=1S/C21H29N5O3/c1-14(27)25-9-2-3-17(25)20(29)24-11-7-21(8-12-24)18-16(22-13-23-18)6-10-26(21)19(28)15-4-5-15/h13,15,17H,2-12H2,1H3,(H,22,23)/t17-/m0/s1. The summed E-state index contributed by atoms with van der Waals surface area (Å²) < 4.78 is 0. The van der Waals surface area contributed by atoms with Gasteiger partial charge in [-0.3, -0.25) is 14.4 Å². The number of hydrogen-bond donors (Lipinski definition) is 1. The molecule has 156 valence electrons. The van der Waals surface area contributed by atoms with E-state index >= 15 is 0 Å². The Balaban J connectivity index is 1.36. The van der Waals surface area contributed by atoms with E-state index in [-0.39, 0.29) is 29.7 Å². The Labute approximate surface area is 170 Å². The predicted octanol–water partition coefficient (Wildman–Crippen LogP) is 1.03. The molecular weight excluding hydrogens is 370 g/mol. The first-order valence-corrected chi connectivity index (χ1v) is 10.9. The molecule has 0 radical (unpaired) electrons. The third-order valence-corrected chi connectivity index (χ3v) is 7.30. The molecule has 3 amide bonds. The number of carbonyl (C=O) groups is 3. The highest BCUT2D eigenvalue weighted by Gasteiger charge is 2.52. The third kappa shape index (κ3) is 2.95. The van der Waals surface area contributed by atoms with Crippen molar-refractivity contribution in [2.24, 2.45) is 5.92 Å². The summed E-state index contributed by atoms with van der Waals surface area (Å²) in [5, 5.41) is 0. The predicted molar refractivity (Wildman–Crippen MR) is 105 cm³/mol. The number of rotatable bonds is 2. The molecule has 29 heavy (non-hydrogen) atoms. The SMILES string of the molecule is CC(=O)N1CCC[C@H]1C(=O)N1CCC2(CC1)c1nc[nH]c1CCN2C(=O)C1CC1. The summed E-state index contributed by atoms with van der Waals surface area (Å²) in [6.45, 7) is 4.13. The minimum absolute atomic E-state index is 0.0241. The normalized spacial score (nSPS) is 26.0. The maximum absolute atomic E-state index is 13.1. The van der Waals surface area contributed by atoms with Gasteiger partial charge >= 0.3 is 0 Å². The second-order valence-electron chi connectivity index (χ2n) is 8.97. The maximum atomic E-state index is 13.1. The van der Waals surface area contributed by atoms with Crippen molar-refractivity contribution in [2.45, 2.75) is 63.5 Å². The minimum atomic E-state index is -0.403. The van der Waals surface area contributed by atoms with E-state index in [1.165, 1.54) is 0 Å². The molecule has 1 aromatic rings. The average molecular weight is 399 g/mol. The molecule has 5 rings (SSSR count). The van der Waals surface area contributed by atoms with Crippen LogP contribution in [-0.2, 0) is 26.3 Å². The van der Waals surface area contributed by atoms with Crippen molar-refractivity contribution in [1.29, 1.82) is 0 Å². The Morgan fingerprint density at radius 1 is 1.07 bits per heavy atom. The lowest BCUT2D eigenvalue weighted by atomic mass is 9.78. The van der Waals surface area contributed by atoms with Gasteiger partial charge in [0, 0.05) is 51.1 Å². The Bertz CT molecular complexity index is 837. The second kappa shape index (κ2) is 6.85. The van der Waals surface area contributed by atoms with Crippen LogP contribution < -0.4 is 0 Å². The fourth-order valence-corrected chi connectivity index (χ4v) is 5.56. The largest absolute Gasteiger partial charge is 0.348 e. The molecule has 3 aliphatic heterocycles. The molecule has 2 saturated heterocycles. The summed E-state index contributed by atoms with van der Waals surface area (Å²) in [5.74, 6) is 0.473. The van der Waals surface area contributed by atoms with Gasteiger partial charge in [0.05, 0.1) is 17.6 Å². The van der Waals surface area contributed by atoms with Gasteiger partial charge in [-0.15, -0.1) is 0 Å².